The maximum Gasteiger partial charge on any atom is 0.304 e. The number of methoxy groups -OCH3 is 1. The third-order valence-corrected chi connectivity index (χ3v) is 5.29. The monoisotopic (exact) mass is 408 g/mol. The highest BCUT2D eigenvalue weighted by Crippen LogP contribution is 2.25. The van der Waals surface area contributed by atoms with Crippen molar-refractivity contribution in [3.8, 4) is 0 Å². The van der Waals surface area contributed by atoms with E-state index in [1.165, 1.54) is 0 Å². The summed E-state index contributed by atoms with van der Waals surface area (Å²) in [5, 5.41) is 16.8. The summed E-state index contributed by atoms with van der Waals surface area (Å²) in [4.78, 5) is 15.9. The van der Waals surface area contributed by atoms with Gasteiger partial charge in [-0.1, -0.05) is 31.7 Å². The molecule has 7 nitrogen and oxygen atoms in total. The number of allylic oxidation sites excluding steroid dienone is 3. The molecule has 0 saturated carbocycles. The van der Waals surface area contributed by atoms with Crippen molar-refractivity contribution in [2.75, 3.05) is 13.7 Å². The Morgan fingerprint density at radius 2 is 2.30 bits per heavy atom. The summed E-state index contributed by atoms with van der Waals surface area (Å²) in [6.45, 7) is 8.43. The van der Waals surface area contributed by atoms with Crippen LogP contribution in [-0.2, 0) is 9.53 Å². The van der Waals surface area contributed by atoms with Crippen LogP contribution in [-0.4, -0.2) is 45.4 Å². The third kappa shape index (κ3) is 5.24. The molecule has 2 N–H and O–H groups in total. The minimum Gasteiger partial charge on any atom is -0.496 e. The number of nitrogens with one attached hydrogen (secondary N) is 1. The van der Waals surface area contributed by atoms with Gasteiger partial charge >= 0.3 is 5.97 Å². The highest BCUT2D eigenvalue weighted by atomic mass is 16.5. The Labute approximate surface area is 176 Å². The van der Waals surface area contributed by atoms with E-state index in [1.54, 1.807) is 30.0 Å². The number of hydrogen-bond acceptors (Lipinski definition) is 5. The van der Waals surface area contributed by atoms with Crippen molar-refractivity contribution in [3.63, 3.8) is 0 Å². The number of aliphatic carboxylic acids is 1. The molecule has 30 heavy (non-hydrogen) atoms. The van der Waals surface area contributed by atoms with Crippen LogP contribution < -0.4 is 5.32 Å². The first kappa shape index (κ1) is 21.5. The van der Waals surface area contributed by atoms with Crippen molar-refractivity contribution >= 4 is 17.7 Å². The first-order valence-corrected chi connectivity index (χ1v) is 10.0. The summed E-state index contributed by atoms with van der Waals surface area (Å²) in [5.41, 5.74) is 3.38. The second-order valence-corrected chi connectivity index (χ2v) is 7.38. The lowest BCUT2D eigenvalue weighted by Crippen LogP contribution is -2.32. The van der Waals surface area contributed by atoms with Gasteiger partial charge in [-0.05, 0) is 31.1 Å². The van der Waals surface area contributed by atoms with Crippen LogP contribution in [0.25, 0.3) is 11.7 Å². The minimum atomic E-state index is -0.762. The molecular weight excluding hydrogens is 380 g/mol. The number of rotatable bonds is 8. The molecule has 3 heterocycles. The topological polar surface area (TPSA) is 88.8 Å². The molecule has 2 unspecified atom stereocenters. The molecule has 0 bridgehead atoms. The Morgan fingerprint density at radius 3 is 3.03 bits per heavy atom. The molecule has 2 aromatic heterocycles. The predicted octanol–water partition coefficient (Wildman–Crippen LogP) is 3.72. The zero-order valence-electron chi connectivity index (χ0n) is 17.3. The van der Waals surface area contributed by atoms with Gasteiger partial charge in [0.2, 0.25) is 0 Å². The Hall–Kier alpha value is -3.19. The molecule has 1 aliphatic rings. The lowest BCUT2D eigenvalue weighted by atomic mass is 9.99. The number of aromatic nitrogens is 3. The van der Waals surface area contributed by atoms with E-state index in [0.29, 0.717) is 5.76 Å². The number of ether oxygens (including phenoxy) is 1. The molecule has 3 rings (SSSR count). The van der Waals surface area contributed by atoms with E-state index in [1.807, 2.05) is 24.4 Å². The standard InChI is InChI=1S/C23H28N4O3/c1-4-6-21(30-3)16(2)9-10-18-15-25-27-12-11-20(26-23(18)27)17-7-5-8-19(24-14-17)13-22(28)29/h4,6,9-12,15,17,19,24H,1-2,5,7-8,13-14H2,3H3,(H,28,29)/b10-9+,21-6+. The fourth-order valence-electron chi connectivity index (χ4n) is 3.69. The number of carboxylic acid groups (broad SMARTS) is 1. The van der Waals surface area contributed by atoms with E-state index in [0.717, 1.165) is 48.3 Å². The maximum absolute atomic E-state index is 11.0. The van der Waals surface area contributed by atoms with Gasteiger partial charge in [0, 0.05) is 41.5 Å². The summed E-state index contributed by atoms with van der Waals surface area (Å²) in [7, 11) is 1.60. The normalized spacial score (nSPS) is 20.2. The van der Waals surface area contributed by atoms with E-state index in [4.69, 9.17) is 14.8 Å². The van der Waals surface area contributed by atoms with Crippen molar-refractivity contribution in [3.05, 3.63) is 72.4 Å². The Bertz CT molecular complexity index is 989. The molecule has 1 fully saturated rings. The average molecular weight is 409 g/mol. The number of carbonyl (C=O) groups is 1. The summed E-state index contributed by atoms with van der Waals surface area (Å²) >= 11 is 0. The van der Waals surface area contributed by atoms with Gasteiger partial charge in [0.15, 0.2) is 5.65 Å². The lowest BCUT2D eigenvalue weighted by molar-refractivity contribution is -0.137. The molecule has 0 spiro atoms. The molecule has 0 amide bonds. The zero-order chi connectivity index (χ0) is 21.5. The van der Waals surface area contributed by atoms with Crippen LogP contribution in [0.2, 0.25) is 0 Å². The first-order valence-electron chi connectivity index (χ1n) is 10.0. The Kier molecular flexibility index (Phi) is 7.19. The van der Waals surface area contributed by atoms with Gasteiger partial charge in [0.25, 0.3) is 0 Å². The fraction of sp³-hybridized carbons (Fsp3) is 0.348. The van der Waals surface area contributed by atoms with Crippen LogP contribution in [0.1, 0.15) is 42.9 Å². The largest absolute Gasteiger partial charge is 0.496 e. The van der Waals surface area contributed by atoms with Crippen LogP contribution >= 0.6 is 0 Å². The van der Waals surface area contributed by atoms with E-state index in [9.17, 15) is 4.79 Å². The first-order chi connectivity index (χ1) is 14.5. The van der Waals surface area contributed by atoms with E-state index >= 15 is 0 Å². The molecule has 158 valence electrons. The van der Waals surface area contributed by atoms with E-state index in [2.05, 4.69) is 23.6 Å². The molecule has 1 saturated heterocycles. The molecule has 0 aliphatic carbocycles. The summed E-state index contributed by atoms with van der Waals surface area (Å²) < 4.78 is 7.06. The average Bonchev–Trinajstić information content (AvgIpc) is 2.99. The lowest BCUT2D eigenvalue weighted by Gasteiger charge is -2.16. The van der Waals surface area contributed by atoms with Crippen molar-refractivity contribution < 1.29 is 14.6 Å². The molecule has 7 heteroatoms. The van der Waals surface area contributed by atoms with E-state index < -0.39 is 5.97 Å². The van der Waals surface area contributed by atoms with Crippen LogP contribution in [0, 0.1) is 0 Å². The Morgan fingerprint density at radius 1 is 1.47 bits per heavy atom. The predicted molar refractivity (Wildman–Crippen MR) is 117 cm³/mol. The van der Waals surface area contributed by atoms with Gasteiger partial charge in [-0.25, -0.2) is 9.50 Å². The maximum atomic E-state index is 11.0. The molecule has 2 aromatic rings. The fourth-order valence-corrected chi connectivity index (χ4v) is 3.69. The summed E-state index contributed by atoms with van der Waals surface area (Å²) in [6, 6.07) is 2.01. The van der Waals surface area contributed by atoms with Gasteiger partial charge < -0.3 is 15.2 Å². The summed E-state index contributed by atoms with van der Waals surface area (Å²) in [5.74, 6) is 0.125. The Balaban J connectivity index is 1.79. The second kappa shape index (κ2) is 10.0. The van der Waals surface area contributed by atoms with Gasteiger partial charge in [-0.15, -0.1) is 0 Å². The smallest absolute Gasteiger partial charge is 0.304 e. The van der Waals surface area contributed by atoms with Crippen molar-refractivity contribution in [2.24, 2.45) is 0 Å². The minimum absolute atomic E-state index is 0.0225. The van der Waals surface area contributed by atoms with Gasteiger partial charge in [-0.2, -0.15) is 5.10 Å². The van der Waals surface area contributed by atoms with Crippen molar-refractivity contribution in [2.45, 2.75) is 37.6 Å². The molecule has 2 atom stereocenters. The van der Waals surface area contributed by atoms with Crippen molar-refractivity contribution in [1.29, 1.82) is 0 Å². The number of hydrogen-bond donors (Lipinski definition) is 2. The van der Waals surface area contributed by atoms with Gasteiger partial charge in [0.05, 0.1) is 19.7 Å². The van der Waals surface area contributed by atoms with Crippen LogP contribution in [0.3, 0.4) is 0 Å². The van der Waals surface area contributed by atoms with Gasteiger partial charge in [-0.3, -0.25) is 4.79 Å². The van der Waals surface area contributed by atoms with E-state index in [-0.39, 0.29) is 18.4 Å². The van der Waals surface area contributed by atoms with Crippen LogP contribution in [0.4, 0.5) is 0 Å². The van der Waals surface area contributed by atoms with Gasteiger partial charge in [0.1, 0.15) is 5.76 Å². The quantitative estimate of drug-likeness (QED) is 0.511. The third-order valence-electron chi connectivity index (χ3n) is 5.29. The number of carboxylic acids is 1. The van der Waals surface area contributed by atoms with Crippen LogP contribution in [0.15, 0.2) is 61.2 Å². The molecule has 0 aromatic carbocycles. The molecule has 1 aliphatic heterocycles. The van der Waals surface area contributed by atoms with Crippen LogP contribution in [0.5, 0.6) is 0 Å². The zero-order valence-corrected chi connectivity index (χ0v) is 17.3. The number of fused-ring (bicyclic) bond motifs is 1. The summed E-state index contributed by atoms with van der Waals surface area (Å²) in [6.07, 6.45) is 13.9. The SMILES string of the molecule is C=C/C=C(/OC)C(=C)/C=C/c1cnn2ccc(C3CCCC(CC(=O)O)NC3)nc12. The van der Waals surface area contributed by atoms with Crippen molar-refractivity contribution in [1.82, 2.24) is 19.9 Å². The molecular formula is C23H28N4O3. The number of nitrogens with zero attached hydrogens (tertiary/aromatic N) is 3. The second-order valence-electron chi connectivity index (χ2n) is 7.38. The molecule has 0 radical (unpaired) electrons. The highest BCUT2D eigenvalue weighted by Gasteiger charge is 2.22. The highest BCUT2D eigenvalue weighted by molar-refractivity contribution is 5.68.